The lowest BCUT2D eigenvalue weighted by Crippen LogP contribution is -2.24. The van der Waals surface area contributed by atoms with E-state index in [-0.39, 0.29) is 23.1 Å². The van der Waals surface area contributed by atoms with Gasteiger partial charge in [0.05, 0.1) is 17.8 Å². The van der Waals surface area contributed by atoms with Crippen molar-refractivity contribution < 1.29 is 19.4 Å². The Morgan fingerprint density at radius 1 is 1.27 bits per heavy atom. The van der Waals surface area contributed by atoms with E-state index in [1.165, 1.54) is 12.3 Å². The molecule has 0 fully saturated rings. The van der Waals surface area contributed by atoms with Gasteiger partial charge in [-0.05, 0) is 55.7 Å². The predicted octanol–water partition coefficient (Wildman–Crippen LogP) is 3.59. The van der Waals surface area contributed by atoms with Crippen LogP contribution in [0.4, 0.5) is 0 Å². The molecule has 2 rings (SSSR count). The molecular formula is C19H21ClN2O4. The van der Waals surface area contributed by atoms with Crippen LogP contribution in [0.15, 0.2) is 35.4 Å². The van der Waals surface area contributed by atoms with E-state index in [4.69, 9.17) is 21.1 Å². The van der Waals surface area contributed by atoms with Gasteiger partial charge in [-0.2, -0.15) is 5.10 Å². The summed E-state index contributed by atoms with van der Waals surface area (Å²) in [6.45, 7) is 5.94. The van der Waals surface area contributed by atoms with Crippen molar-refractivity contribution in [1.29, 1.82) is 0 Å². The van der Waals surface area contributed by atoms with Gasteiger partial charge in [0.25, 0.3) is 5.91 Å². The van der Waals surface area contributed by atoms with Crippen molar-refractivity contribution in [2.75, 3.05) is 13.2 Å². The van der Waals surface area contributed by atoms with E-state index >= 15 is 0 Å². The number of aryl methyl sites for hydroxylation is 1. The Morgan fingerprint density at radius 3 is 2.77 bits per heavy atom. The Kier molecular flexibility index (Phi) is 6.86. The fourth-order valence-electron chi connectivity index (χ4n) is 2.17. The Labute approximate surface area is 157 Å². The molecule has 0 aliphatic heterocycles. The van der Waals surface area contributed by atoms with Crippen molar-refractivity contribution in [3.8, 4) is 17.2 Å². The molecule has 0 spiro atoms. The minimum absolute atomic E-state index is 0.128. The highest BCUT2D eigenvalue weighted by Crippen LogP contribution is 2.34. The van der Waals surface area contributed by atoms with E-state index in [0.717, 1.165) is 11.1 Å². The highest BCUT2D eigenvalue weighted by atomic mass is 35.5. The van der Waals surface area contributed by atoms with Gasteiger partial charge >= 0.3 is 0 Å². The van der Waals surface area contributed by atoms with Gasteiger partial charge in [-0.3, -0.25) is 4.79 Å². The summed E-state index contributed by atoms with van der Waals surface area (Å²) in [6, 6.07) is 8.76. The third kappa shape index (κ3) is 5.13. The topological polar surface area (TPSA) is 80.2 Å². The Morgan fingerprint density at radius 2 is 2.04 bits per heavy atom. The van der Waals surface area contributed by atoms with Gasteiger partial charge in [0, 0.05) is 0 Å². The third-order valence-corrected chi connectivity index (χ3v) is 3.96. The summed E-state index contributed by atoms with van der Waals surface area (Å²) in [4.78, 5) is 11.9. The molecule has 1 amide bonds. The quantitative estimate of drug-likeness (QED) is 0.571. The molecule has 0 aliphatic rings. The van der Waals surface area contributed by atoms with Crippen LogP contribution in [-0.4, -0.2) is 30.4 Å². The van der Waals surface area contributed by atoms with Crippen molar-refractivity contribution in [2.45, 2.75) is 20.8 Å². The number of rotatable bonds is 7. The summed E-state index contributed by atoms with van der Waals surface area (Å²) in [7, 11) is 0. The highest BCUT2D eigenvalue weighted by Gasteiger charge is 2.09. The largest absolute Gasteiger partial charge is 0.503 e. The zero-order valence-corrected chi connectivity index (χ0v) is 15.6. The van der Waals surface area contributed by atoms with Crippen LogP contribution in [0.5, 0.6) is 17.2 Å². The Hall–Kier alpha value is -2.73. The van der Waals surface area contributed by atoms with Crippen molar-refractivity contribution in [1.82, 2.24) is 5.43 Å². The fraction of sp³-hybridized carbons (Fsp3) is 0.263. The molecule has 138 valence electrons. The molecule has 0 aliphatic carbocycles. The van der Waals surface area contributed by atoms with Crippen LogP contribution in [0.25, 0.3) is 0 Å². The summed E-state index contributed by atoms with van der Waals surface area (Å²) in [5.41, 5.74) is 5.04. The lowest BCUT2D eigenvalue weighted by molar-refractivity contribution is -0.123. The molecule has 26 heavy (non-hydrogen) atoms. The maximum Gasteiger partial charge on any atom is 0.277 e. The number of amides is 1. The molecule has 0 heterocycles. The van der Waals surface area contributed by atoms with Gasteiger partial charge in [-0.1, -0.05) is 23.7 Å². The number of nitrogens with one attached hydrogen (secondary N) is 1. The number of hydrazone groups is 1. The van der Waals surface area contributed by atoms with Gasteiger partial charge in [-0.15, -0.1) is 0 Å². The highest BCUT2D eigenvalue weighted by molar-refractivity contribution is 6.32. The predicted molar refractivity (Wildman–Crippen MR) is 101 cm³/mol. The summed E-state index contributed by atoms with van der Waals surface area (Å²) < 4.78 is 10.8. The zero-order valence-electron chi connectivity index (χ0n) is 14.9. The second-order valence-corrected chi connectivity index (χ2v) is 5.97. The number of hydrogen-bond donors (Lipinski definition) is 2. The number of nitrogens with zero attached hydrogens (tertiary/aromatic N) is 1. The van der Waals surface area contributed by atoms with Crippen LogP contribution in [0.2, 0.25) is 5.02 Å². The lowest BCUT2D eigenvalue weighted by atomic mass is 10.1. The second-order valence-electron chi connectivity index (χ2n) is 5.56. The third-order valence-electron chi connectivity index (χ3n) is 3.67. The molecule has 7 heteroatoms. The van der Waals surface area contributed by atoms with Crippen LogP contribution in [0.3, 0.4) is 0 Å². The molecule has 0 aromatic heterocycles. The van der Waals surface area contributed by atoms with E-state index in [1.54, 1.807) is 13.0 Å². The van der Waals surface area contributed by atoms with Crippen LogP contribution >= 0.6 is 11.6 Å². The van der Waals surface area contributed by atoms with Gasteiger partial charge < -0.3 is 14.6 Å². The van der Waals surface area contributed by atoms with E-state index < -0.39 is 5.91 Å². The second kappa shape index (κ2) is 9.10. The minimum atomic E-state index is -0.392. The number of benzene rings is 2. The summed E-state index contributed by atoms with van der Waals surface area (Å²) in [6.07, 6.45) is 1.41. The first-order valence-electron chi connectivity index (χ1n) is 8.08. The van der Waals surface area contributed by atoms with E-state index in [9.17, 15) is 9.90 Å². The number of carbonyl (C=O) groups excluding carboxylic acids is 1. The lowest BCUT2D eigenvalue weighted by Gasteiger charge is -2.10. The maximum absolute atomic E-state index is 11.9. The summed E-state index contributed by atoms with van der Waals surface area (Å²) in [5.74, 6) is 0.399. The van der Waals surface area contributed by atoms with Crippen molar-refractivity contribution >= 4 is 23.7 Å². The van der Waals surface area contributed by atoms with Crippen molar-refractivity contribution in [3.63, 3.8) is 0 Å². The minimum Gasteiger partial charge on any atom is -0.503 e. The first-order chi connectivity index (χ1) is 12.4. The maximum atomic E-state index is 11.9. The molecule has 6 nitrogen and oxygen atoms in total. The summed E-state index contributed by atoms with van der Waals surface area (Å²) >= 11 is 5.94. The van der Waals surface area contributed by atoms with E-state index in [2.05, 4.69) is 10.5 Å². The van der Waals surface area contributed by atoms with Crippen LogP contribution < -0.4 is 14.9 Å². The number of aromatic hydroxyl groups is 1. The van der Waals surface area contributed by atoms with Crippen LogP contribution in [-0.2, 0) is 4.79 Å². The molecule has 2 aromatic carbocycles. The van der Waals surface area contributed by atoms with E-state index in [1.807, 2.05) is 32.0 Å². The molecule has 0 atom stereocenters. The van der Waals surface area contributed by atoms with Gasteiger partial charge in [0.1, 0.15) is 5.75 Å². The van der Waals surface area contributed by atoms with Gasteiger partial charge in [0.2, 0.25) is 0 Å². The Bertz CT molecular complexity index is 821. The van der Waals surface area contributed by atoms with Crippen LogP contribution in [0.1, 0.15) is 23.6 Å². The number of hydrogen-bond acceptors (Lipinski definition) is 5. The fourth-order valence-corrected chi connectivity index (χ4v) is 2.39. The van der Waals surface area contributed by atoms with Crippen molar-refractivity contribution in [2.24, 2.45) is 5.10 Å². The number of phenolic OH excluding ortho intramolecular Hbond substituents is 1. The van der Waals surface area contributed by atoms with Crippen molar-refractivity contribution in [3.05, 3.63) is 52.0 Å². The molecule has 0 unspecified atom stereocenters. The first kappa shape index (κ1) is 19.6. The molecule has 0 saturated heterocycles. The first-order valence-corrected chi connectivity index (χ1v) is 8.46. The molecule has 2 aromatic rings. The average Bonchev–Trinajstić information content (AvgIpc) is 2.60. The zero-order chi connectivity index (χ0) is 19.1. The normalized spacial score (nSPS) is 10.8. The molecule has 0 radical (unpaired) electrons. The van der Waals surface area contributed by atoms with Gasteiger partial charge in [0.15, 0.2) is 18.1 Å². The standard InChI is InChI=1S/C19H21ClN2O4/c1-4-25-17-9-14(8-15(20)19(17)24)10-21-22-18(23)11-26-16-7-5-6-12(2)13(16)3/h5-10,24H,4,11H2,1-3H3,(H,22,23)/b21-10-. The molecular weight excluding hydrogens is 356 g/mol. The number of phenols is 1. The Balaban J connectivity index is 1.93. The number of halogens is 1. The molecule has 0 bridgehead atoms. The van der Waals surface area contributed by atoms with E-state index in [0.29, 0.717) is 17.9 Å². The smallest absolute Gasteiger partial charge is 0.277 e. The molecule has 2 N–H and O–H groups in total. The molecule has 0 saturated carbocycles. The average molecular weight is 377 g/mol. The van der Waals surface area contributed by atoms with Gasteiger partial charge in [-0.25, -0.2) is 5.43 Å². The number of carbonyl (C=O) groups is 1. The monoisotopic (exact) mass is 376 g/mol. The van der Waals surface area contributed by atoms with Crippen LogP contribution in [0, 0.1) is 13.8 Å². The SMILES string of the molecule is CCOc1cc(/C=N\NC(=O)COc2cccc(C)c2C)cc(Cl)c1O. The number of ether oxygens (including phenoxy) is 2. The summed E-state index contributed by atoms with van der Waals surface area (Å²) in [5, 5.41) is 13.8.